The first-order valence-corrected chi connectivity index (χ1v) is 7.14. The molecule has 0 spiro atoms. The maximum absolute atomic E-state index is 5.95. The molecule has 1 aromatic heterocycles. The minimum Gasteiger partial charge on any atom is -0.361 e. The number of pyridine rings is 1. The summed E-state index contributed by atoms with van der Waals surface area (Å²) in [4.78, 5) is 11.0. The van der Waals surface area contributed by atoms with Gasteiger partial charge in [0.05, 0.1) is 12.9 Å². The highest BCUT2D eigenvalue weighted by Crippen LogP contribution is 2.24. The molecule has 20 heavy (non-hydrogen) atoms. The number of rotatable bonds is 4. The second-order valence-electron chi connectivity index (χ2n) is 4.81. The number of aliphatic imine (C=N–C) groups is 1. The molecule has 0 unspecified atom stereocenters. The Balaban J connectivity index is 1.80. The van der Waals surface area contributed by atoms with Gasteiger partial charge in [0.15, 0.2) is 0 Å². The van der Waals surface area contributed by atoms with Gasteiger partial charge in [-0.25, -0.2) is 0 Å². The van der Waals surface area contributed by atoms with Crippen molar-refractivity contribution < 1.29 is 0 Å². The van der Waals surface area contributed by atoms with E-state index in [0.717, 1.165) is 42.3 Å². The molecule has 3 rings (SSSR count). The Morgan fingerprint density at radius 2 is 2.00 bits per heavy atom. The first-order valence-electron chi connectivity index (χ1n) is 6.77. The van der Waals surface area contributed by atoms with Crippen LogP contribution in [0.25, 0.3) is 11.1 Å². The maximum Gasteiger partial charge on any atom is 0.0851 e. The van der Waals surface area contributed by atoms with E-state index in [1.54, 1.807) is 0 Å². The number of benzene rings is 1. The quantitative estimate of drug-likeness (QED) is 0.862. The standard InChI is InChI=1S/C16H16ClN3/c17-14-5-3-13(4-6-14)15-2-1-8-19-16(15)7-10-20-11-9-18-12-20/h1-6,8,12H,7,9-11H2. The van der Waals surface area contributed by atoms with Crippen molar-refractivity contribution in [2.24, 2.45) is 4.99 Å². The summed E-state index contributed by atoms with van der Waals surface area (Å²) in [5.41, 5.74) is 3.46. The largest absolute Gasteiger partial charge is 0.361 e. The summed E-state index contributed by atoms with van der Waals surface area (Å²) >= 11 is 5.95. The van der Waals surface area contributed by atoms with Gasteiger partial charge in [-0.05, 0) is 23.8 Å². The molecule has 0 fully saturated rings. The van der Waals surface area contributed by atoms with Crippen molar-refractivity contribution in [2.75, 3.05) is 19.6 Å². The van der Waals surface area contributed by atoms with E-state index < -0.39 is 0 Å². The zero-order chi connectivity index (χ0) is 13.8. The molecule has 1 aliphatic heterocycles. The van der Waals surface area contributed by atoms with Gasteiger partial charge < -0.3 is 4.90 Å². The monoisotopic (exact) mass is 285 g/mol. The summed E-state index contributed by atoms with van der Waals surface area (Å²) in [6.45, 7) is 2.89. The van der Waals surface area contributed by atoms with E-state index >= 15 is 0 Å². The molecule has 3 nitrogen and oxygen atoms in total. The van der Waals surface area contributed by atoms with Crippen LogP contribution in [0.1, 0.15) is 5.69 Å². The lowest BCUT2D eigenvalue weighted by Crippen LogP contribution is -2.22. The molecule has 1 aliphatic rings. The van der Waals surface area contributed by atoms with Gasteiger partial charge in [-0.15, -0.1) is 0 Å². The Morgan fingerprint density at radius 3 is 2.75 bits per heavy atom. The van der Waals surface area contributed by atoms with Crippen LogP contribution in [0, 0.1) is 0 Å². The Labute approximate surface area is 123 Å². The van der Waals surface area contributed by atoms with Gasteiger partial charge in [0, 0.05) is 42.0 Å². The fourth-order valence-electron chi connectivity index (χ4n) is 2.37. The molecular formula is C16H16ClN3. The average molecular weight is 286 g/mol. The molecule has 4 heteroatoms. The van der Waals surface area contributed by atoms with Gasteiger partial charge in [0.25, 0.3) is 0 Å². The fourth-order valence-corrected chi connectivity index (χ4v) is 2.49. The second-order valence-corrected chi connectivity index (χ2v) is 5.25. The number of halogens is 1. The number of aromatic nitrogens is 1. The van der Waals surface area contributed by atoms with Gasteiger partial charge in [0.2, 0.25) is 0 Å². The minimum absolute atomic E-state index is 0.757. The maximum atomic E-state index is 5.95. The molecular weight excluding hydrogens is 270 g/mol. The van der Waals surface area contributed by atoms with Crippen molar-refractivity contribution >= 4 is 17.9 Å². The summed E-state index contributed by atoms with van der Waals surface area (Å²) in [5, 5.41) is 0.757. The van der Waals surface area contributed by atoms with Crippen LogP contribution < -0.4 is 0 Å². The molecule has 0 saturated carbocycles. The van der Waals surface area contributed by atoms with Crippen LogP contribution in [-0.4, -0.2) is 35.9 Å². The van der Waals surface area contributed by atoms with Crippen molar-refractivity contribution in [2.45, 2.75) is 6.42 Å². The van der Waals surface area contributed by atoms with Crippen molar-refractivity contribution in [3.8, 4) is 11.1 Å². The van der Waals surface area contributed by atoms with Crippen LogP contribution in [0.3, 0.4) is 0 Å². The third kappa shape index (κ3) is 2.99. The van der Waals surface area contributed by atoms with Crippen LogP contribution in [-0.2, 0) is 6.42 Å². The lowest BCUT2D eigenvalue weighted by Gasteiger charge is -2.15. The van der Waals surface area contributed by atoms with Crippen molar-refractivity contribution in [1.82, 2.24) is 9.88 Å². The molecule has 0 aliphatic carbocycles. The van der Waals surface area contributed by atoms with Crippen LogP contribution >= 0.6 is 11.6 Å². The van der Waals surface area contributed by atoms with Gasteiger partial charge in [-0.1, -0.05) is 29.8 Å². The van der Waals surface area contributed by atoms with Crippen molar-refractivity contribution in [3.05, 3.63) is 53.3 Å². The molecule has 2 aromatic rings. The minimum atomic E-state index is 0.757. The Kier molecular flexibility index (Phi) is 3.97. The highest BCUT2D eigenvalue weighted by molar-refractivity contribution is 6.30. The summed E-state index contributed by atoms with van der Waals surface area (Å²) in [7, 11) is 0. The molecule has 0 atom stereocenters. The van der Waals surface area contributed by atoms with Crippen LogP contribution in [0.2, 0.25) is 5.02 Å². The smallest absolute Gasteiger partial charge is 0.0851 e. The van der Waals surface area contributed by atoms with E-state index in [1.165, 1.54) is 5.56 Å². The third-order valence-electron chi connectivity index (χ3n) is 3.44. The van der Waals surface area contributed by atoms with Gasteiger partial charge in [-0.3, -0.25) is 9.98 Å². The number of hydrogen-bond donors (Lipinski definition) is 0. The summed E-state index contributed by atoms with van der Waals surface area (Å²) < 4.78 is 0. The Bertz CT molecular complexity index is 607. The van der Waals surface area contributed by atoms with Gasteiger partial charge in [-0.2, -0.15) is 0 Å². The summed E-state index contributed by atoms with van der Waals surface area (Å²) in [6.07, 6.45) is 4.71. The molecule has 0 N–H and O–H groups in total. The van der Waals surface area contributed by atoms with Crippen molar-refractivity contribution in [3.63, 3.8) is 0 Å². The predicted molar refractivity (Wildman–Crippen MR) is 83.3 cm³/mol. The van der Waals surface area contributed by atoms with Gasteiger partial charge in [0.1, 0.15) is 0 Å². The third-order valence-corrected chi connectivity index (χ3v) is 3.69. The first kappa shape index (κ1) is 13.1. The Hall–Kier alpha value is -1.87. The van der Waals surface area contributed by atoms with E-state index in [1.807, 2.05) is 42.9 Å². The number of hydrogen-bond acceptors (Lipinski definition) is 3. The van der Waals surface area contributed by atoms with Gasteiger partial charge >= 0.3 is 0 Å². The van der Waals surface area contributed by atoms with E-state index in [-0.39, 0.29) is 0 Å². The lowest BCUT2D eigenvalue weighted by atomic mass is 10.0. The van der Waals surface area contributed by atoms with Crippen LogP contribution in [0.5, 0.6) is 0 Å². The lowest BCUT2D eigenvalue weighted by molar-refractivity contribution is 0.469. The molecule has 0 radical (unpaired) electrons. The SMILES string of the molecule is Clc1ccc(-c2cccnc2CCN2C=NCC2)cc1. The highest BCUT2D eigenvalue weighted by Gasteiger charge is 2.09. The van der Waals surface area contributed by atoms with E-state index in [9.17, 15) is 0 Å². The van der Waals surface area contributed by atoms with E-state index in [2.05, 4.69) is 20.9 Å². The van der Waals surface area contributed by atoms with Crippen molar-refractivity contribution in [1.29, 1.82) is 0 Å². The molecule has 0 bridgehead atoms. The molecule has 0 amide bonds. The molecule has 0 saturated heterocycles. The summed E-state index contributed by atoms with van der Waals surface area (Å²) in [6, 6.07) is 12.0. The fraction of sp³-hybridized carbons (Fsp3) is 0.250. The first-order chi connectivity index (χ1) is 9.83. The molecule has 102 valence electrons. The Morgan fingerprint density at radius 1 is 1.15 bits per heavy atom. The zero-order valence-electron chi connectivity index (χ0n) is 11.2. The highest BCUT2D eigenvalue weighted by atomic mass is 35.5. The molecule has 1 aromatic carbocycles. The van der Waals surface area contributed by atoms with E-state index in [4.69, 9.17) is 11.6 Å². The molecule has 2 heterocycles. The van der Waals surface area contributed by atoms with Crippen LogP contribution in [0.4, 0.5) is 0 Å². The predicted octanol–water partition coefficient (Wildman–Crippen LogP) is 3.29. The number of nitrogens with zero attached hydrogens (tertiary/aromatic N) is 3. The van der Waals surface area contributed by atoms with E-state index in [0.29, 0.717) is 0 Å². The normalized spacial score (nSPS) is 13.9. The zero-order valence-corrected chi connectivity index (χ0v) is 11.9. The van der Waals surface area contributed by atoms with Crippen LogP contribution in [0.15, 0.2) is 47.6 Å². The summed E-state index contributed by atoms with van der Waals surface area (Å²) in [5.74, 6) is 0. The average Bonchev–Trinajstić information content (AvgIpc) is 3.00. The topological polar surface area (TPSA) is 28.5 Å². The second kappa shape index (κ2) is 6.06.